The van der Waals surface area contributed by atoms with Crippen molar-refractivity contribution in [1.82, 2.24) is 5.32 Å². The van der Waals surface area contributed by atoms with Crippen molar-refractivity contribution in [3.8, 4) is 17.2 Å². The van der Waals surface area contributed by atoms with Crippen molar-refractivity contribution in [1.29, 1.82) is 0 Å². The number of carbonyl (C=O) groups is 4. The summed E-state index contributed by atoms with van der Waals surface area (Å²) in [6.07, 6.45) is 4.64. The van der Waals surface area contributed by atoms with E-state index in [-0.39, 0.29) is 61.4 Å². The van der Waals surface area contributed by atoms with Gasteiger partial charge in [-0.1, -0.05) is 57.5 Å². The highest BCUT2D eigenvalue weighted by atomic mass is 79.9. The maximum atomic E-state index is 14.5. The Morgan fingerprint density at radius 2 is 1.66 bits per heavy atom. The van der Waals surface area contributed by atoms with Crippen LogP contribution in [0.5, 0.6) is 17.2 Å². The van der Waals surface area contributed by atoms with Crippen molar-refractivity contribution in [2.24, 2.45) is 28.7 Å². The molecule has 316 valence electrons. The molecule has 0 radical (unpaired) electrons. The quantitative estimate of drug-likeness (QED) is 0.204. The molecule has 0 fully saturated rings. The van der Waals surface area contributed by atoms with Gasteiger partial charge in [-0.3, -0.25) is 19.2 Å². The predicted molar refractivity (Wildman–Crippen MR) is 222 cm³/mol. The number of allylic oxidation sites excluding steroid dienone is 4. The molecule has 9 atom stereocenters. The Balaban J connectivity index is 1.71. The van der Waals surface area contributed by atoms with Gasteiger partial charge in [0.2, 0.25) is 5.78 Å². The summed E-state index contributed by atoms with van der Waals surface area (Å²) in [5.41, 5.74) is -0.950. The summed E-state index contributed by atoms with van der Waals surface area (Å²) in [6.45, 7) is 12.4. The van der Waals surface area contributed by atoms with E-state index >= 15 is 0 Å². The SMILES string of the molecule is CO[C@H]1/C=C/O[C@@]2(C)Oc3c(C)c(O)c4c(c3C2=O)/C(=N/c2cc(Cl)c(Br)cc2O)C=C(NC(=O)/C(C)=C\C=C\[C@H](C)[C@H](O)[C@@H](C)[C@@H](O)[C@@H](C)[C@H](OC(C)=O)[C@@H]1C)C4=O. The molecule has 3 heterocycles. The standard InChI is InChI=1S/C43H48BrClN2O12/c1-18-11-10-12-19(2)42(55)47-29-17-28(46-27-16-26(45)25(44)15-30(27)49)32-33(38(29)53)37(52)23(6)40-34(32)41(54)43(8,59-40)57-14-13-31(56-9)20(3)39(58-24(7)48)22(5)36(51)21(4)35(18)50/h10-18,20-22,31,35-36,39,49-52H,1-9H3,(H,47,55)/b11-10+,14-13+,19-12-,46-28+/t18-,20+,21+,22+,31-,35-,36+,39+,43-/m0/s1. The highest BCUT2D eigenvalue weighted by Gasteiger charge is 2.51. The van der Waals surface area contributed by atoms with Crippen LogP contribution in [0.3, 0.4) is 0 Å². The number of aliphatic imine (C=N–C) groups is 1. The molecule has 0 spiro atoms. The number of hydrogen-bond donors (Lipinski definition) is 5. The van der Waals surface area contributed by atoms with Crippen LogP contribution in [0.15, 0.2) is 69.5 Å². The first kappa shape index (κ1) is 45.3. The number of rotatable bonds is 3. The van der Waals surface area contributed by atoms with E-state index in [2.05, 4.69) is 26.2 Å². The third kappa shape index (κ3) is 8.90. The van der Waals surface area contributed by atoms with E-state index in [0.29, 0.717) is 4.47 Å². The van der Waals surface area contributed by atoms with Crippen molar-refractivity contribution in [3.63, 3.8) is 0 Å². The maximum Gasteiger partial charge on any atom is 0.312 e. The van der Waals surface area contributed by atoms with Crippen LogP contribution < -0.4 is 10.1 Å². The number of ketones is 2. The number of nitrogens with one attached hydrogen (secondary N) is 1. The topological polar surface area (TPSA) is 211 Å². The van der Waals surface area contributed by atoms with Crippen molar-refractivity contribution in [2.75, 3.05) is 7.11 Å². The molecule has 0 saturated heterocycles. The van der Waals surface area contributed by atoms with Gasteiger partial charge in [-0.2, -0.15) is 0 Å². The molecule has 5 bridgehead atoms. The van der Waals surface area contributed by atoms with E-state index in [9.17, 15) is 39.6 Å². The number of amides is 1. The Hall–Kier alpha value is -4.80. The minimum atomic E-state index is -2.06. The third-order valence-electron chi connectivity index (χ3n) is 11.1. The molecule has 4 aliphatic rings. The molecule has 14 nitrogen and oxygen atoms in total. The van der Waals surface area contributed by atoms with E-state index in [1.807, 2.05) is 0 Å². The largest absolute Gasteiger partial charge is 0.507 e. The number of ether oxygens (including phenoxy) is 4. The van der Waals surface area contributed by atoms with Crippen LogP contribution in [-0.4, -0.2) is 86.9 Å². The lowest BCUT2D eigenvalue weighted by Gasteiger charge is -2.38. The number of nitrogens with zero attached hydrogens (tertiary/aromatic N) is 1. The summed E-state index contributed by atoms with van der Waals surface area (Å²) >= 11 is 9.61. The predicted octanol–water partition coefficient (Wildman–Crippen LogP) is 6.69. The fraction of sp³-hybridized carbons (Fsp3) is 0.419. The summed E-state index contributed by atoms with van der Waals surface area (Å²) in [5.74, 6) is -8.45. The van der Waals surface area contributed by atoms with Crippen LogP contribution in [0.1, 0.15) is 80.3 Å². The van der Waals surface area contributed by atoms with Crippen LogP contribution in [0.25, 0.3) is 0 Å². The summed E-state index contributed by atoms with van der Waals surface area (Å²) < 4.78 is 24.0. The van der Waals surface area contributed by atoms with E-state index in [1.54, 1.807) is 39.8 Å². The van der Waals surface area contributed by atoms with E-state index < -0.39 is 83.1 Å². The lowest BCUT2D eigenvalue weighted by molar-refractivity contribution is -0.160. The Labute approximate surface area is 355 Å². The van der Waals surface area contributed by atoms with Gasteiger partial charge in [-0.15, -0.1) is 0 Å². The van der Waals surface area contributed by atoms with Gasteiger partial charge in [0.1, 0.15) is 29.0 Å². The Morgan fingerprint density at radius 1 is 0.983 bits per heavy atom. The first-order chi connectivity index (χ1) is 27.6. The molecule has 3 aliphatic heterocycles. The van der Waals surface area contributed by atoms with E-state index in [0.717, 1.165) is 0 Å². The van der Waals surface area contributed by atoms with Crippen LogP contribution in [0, 0.1) is 30.6 Å². The number of aliphatic hydroxyl groups excluding tert-OH is 2. The normalized spacial score (nSPS) is 31.7. The van der Waals surface area contributed by atoms with E-state index in [1.165, 1.54) is 71.4 Å². The lowest BCUT2D eigenvalue weighted by atomic mass is 9.78. The van der Waals surface area contributed by atoms with Crippen LogP contribution in [-0.2, 0) is 23.8 Å². The van der Waals surface area contributed by atoms with Crippen molar-refractivity contribution in [2.45, 2.75) is 85.6 Å². The van der Waals surface area contributed by atoms with Gasteiger partial charge in [0.15, 0.2) is 0 Å². The molecule has 5 N–H and O–H groups in total. The highest BCUT2D eigenvalue weighted by molar-refractivity contribution is 9.10. The van der Waals surface area contributed by atoms with Crippen molar-refractivity contribution >= 4 is 62.4 Å². The first-order valence-corrected chi connectivity index (χ1v) is 20.0. The Kier molecular flexibility index (Phi) is 13.7. The minimum Gasteiger partial charge on any atom is -0.507 e. The third-order valence-corrected chi connectivity index (χ3v) is 12.3. The fourth-order valence-corrected chi connectivity index (χ4v) is 7.96. The van der Waals surface area contributed by atoms with Gasteiger partial charge in [0, 0.05) is 65.8 Å². The molecule has 16 heteroatoms. The average Bonchev–Trinajstić information content (AvgIpc) is 3.45. The monoisotopic (exact) mass is 898 g/mol. The summed E-state index contributed by atoms with van der Waals surface area (Å²) in [6, 6.07) is 2.65. The van der Waals surface area contributed by atoms with E-state index in [4.69, 9.17) is 30.5 Å². The molecule has 0 saturated carbocycles. The maximum absolute atomic E-state index is 14.5. The number of aliphatic hydroxyl groups is 2. The number of phenolic OH excluding ortho intramolecular Hbond substituents is 2. The Morgan fingerprint density at radius 3 is 2.31 bits per heavy atom. The second kappa shape index (κ2) is 17.8. The van der Waals surface area contributed by atoms with Gasteiger partial charge in [0.05, 0.1) is 52.1 Å². The molecule has 2 aromatic rings. The average molecular weight is 900 g/mol. The molecule has 1 aliphatic carbocycles. The number of aromatic hydroxyl groups is 2. The summed E-state index contributed by atoms with van der Waals surface area (Å²) in [4.78, 5) is 59.2. The summed E-state index contributed by atoms with van der Waals surface area (Å²) in [7, 11) is 1.43. The van der Waals surface area contributed by atoms with Crippen LogP contribution in [0.4, 0.5) is 5.69 Å². The number of benzene rings is 2. The molecule has 0 unspecified atom stereocenters. The molecule has 6 rings (SSSR count). The second-order valence-electron chi connectivity index (χ2n) is 15.3. The number of halogens is 2. The number of methoxy groups -OCH3 is 1. The van der Waals surface area contributed by atoms with Crippen molar-refractivity contribution in [3.05, 3.63) is 91.8 Å². The van der Waals surface area contributed by atoms with Gasteiger partial charge in [-0.25, -0.2) is 4.99 Å². The molecular formula is C43H48BrClN2O12. The number of Topliss-reactive ketones (excluding diaryl/α,β-unsaturated/α-hetero) is 2. The lowest BCUT2D eigenvalue weighted by Crippen LogP contribution is -2.46. The number of carbonyl (C=O) groups excluding carboxylic acids is 4. The summed E-state index contributed by atoms with van der Waals surface area (Å²) in [5, 5.41) is 48.0. The van der Waals surface area contributed by atoms with Gasteiger partial charge < -0.3 is 44.7 Å². The molecule has 2 aromatic carbocycles. The fourth-order valence-electron chi connectivity index (χ4n) is 7.47. The number of phenols is 2. The highest BCUT2D eigenvalue weighted by Crippen LogP contribution is 2.49. The Bertz CT molecular complexity index is 2230. The molecule has 1 amide bonds. The smallest absolute Gasteiger partial charge is 0.312 e. The second-order valence-corrected chi connectivity index (χ2v) is 16.5. The van der Waals surface area contributed by atoms with Crippen molar-refractivity contribution < 1.29 is 58.6 Å². The molecule has 0 aromatic heterocycles. The zero-order valence-electron chi connectivity index (χ0n) is 34.0. The zero-order valence-corrected chi connectivity index (χ0v) is 36.3. The zero-order chi connectivity index (χ0) is 43.8. The van der Waals surface area contributed by atoms with Gasteiger partial charge in [-0.05, 0) is 54.1 Å². The number of hydrogen-bond acceptors (Lipinski definition) is 13. The molecular weight excluding hydrogens is 852 g/mol. The van der Waals surface area contributed by atoms with Gasteiger partial charge in [0.25, 0.3) is 11.7 Å². The van der Waals surface area contributed by atoms with Crippen LogP contribution in [0.2, 0.25) is 5.02 Å². The molecule has 59 heavy (non-hydrogen) atoms. The van der Waals surface area contributed by atoms with Gasteiger partial charge >= 0.3 is 11.8 Å². The first-order valence-electron chi connectivity index (χ1n) is 18.9. The minimum absolute atomic E-state index is 0.0237. The number of fused-ring (bicyclic) bond motifs is 14. The van der Waals surface area contributed by atoms with Crippen LogP contribution >= 0.6 is 27.5 Å². The number of esters is 1.